The second-order valence-electron chi connectivity index (χ2n) is 6.60. The molecule has 5 nitrogen and oxygen atoms in total. The molecular weight excluding hydrogens is 334 g/mol. The molecule has 3 rings (SSSR count). The predicted octanol–water partition coefficient (Wildman–Crippen LogP) is 3.16. The van der Waals surface area contributed by atoms with Crippen molar-refractivity contribution in [2.75, 3.05) is 18.8 Å². The summed E-state index contributed by atoms with van der Waals surface area (Å²) in [6.07, 6.45) is 3.84. The van der Waals surface area contributed by atoms with Gasteiger partial charge >= 0.3 is 0 Å². The van der Waals surface area contributed by atoms with Crippen LogP contribution in [0.5, 0.6) is 0 Å². The highest BCUT2D eigenvalue weighted by Crippen LogP contribution is 2.22. The maximum atomic E-state index is 12.4. The number of hydrogen-bond donors (Lipinski definition) is 1. The number of oxazole rings is 1. The van der Waals surface area contributed by atoms with Gasteiger partial charge in [-0.2, -0.15) is 0 Å². The molecule has 2 heterocycles. The first-order chi connectivity index (χ1) is 12.1. The third-order valence-electron chi connectivity index (χ3n) is 4.60. The smallest absolute Gasteiger partial charge is 0.232 e. The fourth-order valence-electron chi connectivity index (χ4n) is 3.09. The zero-order valence-corrected chi connectivity index (χ0v) is 15.4. The lowest BCUT2D eigenvalue weighted by Gasteiger charge is -2.34. The molecule has 1 amide bonds. The van der Waals surface area contributed by atoms with E-state index in [1.165, 1.54) is 0 Å². The highest BCUT2D eigenvalue weighted by molar-refractivity contribution is 7.99. The van der Waals surface area contributed by atoms with Crippen LogP contribution in [0.4, 0.5) is 0 Å². The predicted molar refractivity (Wildman–Crippen MR) is 101 cm³/mol. The van der Waals surface area contributed by atoms with Crippen LogP contribution < -0.4 is 5.73 Å². The van der Waals surface area contributed by atoms with Crippen molar-refractivity contribution in [2.45, 2.75) is 31.6 Å². The Hall–Kier alpha value is -1.79. The second-order valence-corrected chi connectivity index (χ2v) is 7.59. The number of amides is 1. The molecule has 25 heavy (non-hydrogen) atoms. The third-order valence-corrected chi connectivity index (χ3v) is 5.55. The van der Waals surface area contributed by atoms with E-state index >= 15 is 0 Å². The van der Waals surface area contributed by atoms with Crippen molar-refractivity contribution < 1.29 is 9.21 Å². The van der Waals surface area contributed by atoms with Gasteiger partial charge in [-0.1, -0.05) is 18.2 Å². The first kappa shape index (κ1) is 18.0. The van der Waals surface area contributed by atoms with Crippen molar-refractivity contribution in [2.24, 2.45) is 11.7 Å². The Morgan fingerprint density at radius 3 is 3.00 bits per heavy atom. The highest BCUT2D eigenvalue weighted by atomic mass is 32.2. The number of piperidine rings is 1. The van der Waals surface area contributed by atoms with Crippen molar-refractivity contribution in [3.05, 3.63) is 42.3 Å². The van der Waals surface area contributed by atoms with E-state index in [4.69, 9.17) is 10.2 Å². The van der Waals surface area contributed by atoms with E-state index in [1.807, 2.05) is 42.2 Å². The highest BCUT2D eigenvalue weighted by Gasteiger charge is 2.25. The third kappa shape index (κ3) is 4.86. The lowest BCUT2D eigenvalue weighted by molar-refractivity contribution is -0.130. The molecule has 0 radical (unpaired) electrons. The maximum absolute atomic E-state index is 12.4. The zero-order valence-electron chi connectivity index (χ0n) is 14.6. The van der Waals surface area contributed by atoms with Gasteiger partial charge in [0.15, 0.2) is 0 Å². The molecule has 1 aromatic heterocycles. The Balaban J connectivity index is 1.47. The molecule has 0 aliphatic carbocycles. The summed E-state index contributed by atoms with van der Waals surface area (Å²) < 4.78 is 5.53. The molecule has 1 saturated heterocycles. The molecule has 6 heteroatoms. The molecule has 1 aliphatic rings. The van der Waals surface area contributed by atoms with Gasteiger partial charge in [0.25, 0.3) is 0 Å². The van der Waals surface area contributed by atoms with Gasteiger partial charge in [0.1, 0.15) is 6.26 Å². The number of carbonyl (C=O) groups is 1. The normalized spacial score (nSPS) is 19.0. The molecule has 1 aliphatic heterocycles. The zero-order chi connectivity index (χ0) is 17.6. The van der Waals surface area contributed by atoms with E-state index in [0.717, 1.165) is 37.2 Å². The molecule has 2 N–H and O–H groups in total. The molecule has 0 spiro atoms. The SMILES string of the molecule is C[C@@H](N)[C@H]1CCCN(C(=O)CSCc2coc(-c3ccccc3)n2)C1. The number of likely N-dealkylation sites (tertiary alicyclic amines) is 1. The molecule has 1 fully saturated rings. The number of thioether (sulfide) groups is 1. The van der Waals surface area contributed by atoms with Crippen molar-refractivity contribution in [3.8, 4) is 11.5 Å². The minimum absolute atomic E-state index is 0.148. The van der Waals surface area contributed by atoms with Gasteiger partial charge in [-0.15, -0.1) is 11.8 Å². The van der Waals surface area contributed by atoms with Gasteiger partial charge in [-0.05, 0) is 37.8 Å². The molecular formula is C19H25N3O2S. The van der Waals surface area contributed by atoms with Gasteiger partial charge < -0.3 is 15.1 Å². The Labute approximate surface area is 153 Å². The number of hydrogen-bond acceptors (Lipinski definition) is 5. The van der Waals surface area contributed by atoms with Gasteiger partial charge in [0.05, 0.1) is 11.4 Å². The average Bonchev–Trinajstić information content (AvgIpc) is 3.11. The van der Waals surface area contributed by atoms with E-state index in [2.05, 4.69) is 4.98 Å². The number of aromatic nitrogens is 1. The van der Waals surface area contributed by atoms with Crippen LogP contribution in [0.15, 0.2) is 41.0 Å². The van der Waals surface area contributed by atoms with Crippen LogP contribution in [0.1, 0.15) is 25.5 Å². The van der Waals surface area contributed by atoms with Gasteiger partial charge in [-0.25, -0.2) is 4.98 Å². The van der Waals surface area contributed by atoms with Crippen molar-refractivity contribution in [1.29, 1.82) is 0 Å². The average molecular weight is 359 g/mol. The van der Waals surface area contributed by atoms with Gasteiger partial charge in [0, 0.05) is 30.4 Å². The van der Waals surface area contributed by atoms with E-state index in [0.29, 0.717) is 23.3 Å². The van der Waals surface area contributed by atoms with E-state index in [-0.39, 0.29) is 11.9 Å². The van der Waals surface area contributed by atoms with Crippen molar-refractivity contribution in [1.82, 2.24) is 9.88 Å². The topological polar surface area (TPSA) is 72.4 Å². The Morgan fingerprint density at radius 1 is 1.44 bits per heavy atom. The number of benzene rings is 1. The van der Waals surface area contributed by atoms with Crippen molar-refractivity contribution in [3.63, 3.8) is 0 Å². The lowest BCUT2D eigenvalue weighted by atomic mass is 9.92. The number of nitrogens with two attached hydrogens (primary N) is 1. The quantitative estimate of drug-likeness (QED) is 0.858. The summed E-state index contributed by atoms with van der Waals surface area (Å²) in [7, 11) is 0. The van der Waals surface area contributed by atoms with Gasteiger partial charge in [0.2, 0.25) is 11.8 Å². The summed E-state index contributed by atoms with van der Waals surface area (Å²) in [4.78, 5) is 18.9. The van der Waals surface area contributed by atoms with Crippen LogP contribution in [0.2, 0.25) is 0 Å². The fourth-order valence-corrected chi connectivity index (χ4v) is 3.89. The molecule has 0 unspecified atom stereocenters. The van der Waals surface area contributed by atoms with E-state index in [9.17, 15) is 4.79 Å². The van der Waals surface area contributed by atoms with Crippen LogP contribution in [0.25, 0.3) is 11.5 Å². The number of rotatable bonds is 6. The standard InChI is InChI=1S/C19H25N3O2S/c1-14(20)16-8-5-9-22(10-16)18(23)13-25-12-17-11-24-19(21-17)15-6-3-2-4-7-15/h2-4,6-7,11,14,16H,5,8-10,12-13,20H2,1H3/t14-,16+/m1/s1. The Kier molecular flexibility index (Phi) is 6.15. The lowest BCUT2D eigenvalue weighted by Crippen LogP contribution is -2.45. The summed E-state index contributed by atoms with van der Waals surface area (Å²) >= 11 is 1.58. The molecule has 0 bridgehead atoms. The summed E-state index contributed by atoms with van der Waals surface area (Å²) in [5.74, 6) is 2.39. The van der Waals surface area contributed by atoms with Crippen LogP contribution in [0.3, 0.4) is 0 Å². The molecule has 2 aromatic rings. The summed E-state index contributed by atoms with van der Waals surface area (Å²) in [6.45, 7) is 3.67. The molecule has 2 atom stereocenters. The van der Waals surface area contributed by atoms with Crippen LogP contribution >= 0.6 is 11.8 Å². The fraction of sp³-hybridized carbons (Fsp3) is 0.474. The first-order valence-corrected chi connectivity index (χ1v) is 9.90. The number of nitrogens with zero attached hydrogens (tertiary/aromatic N) is 2. The molecule has 0 saturated carbocycles. The monoisotopic (exact) mass is 359 g/mol. The van der Waals surface area contributed by atoms with E-state index < -0.39 is 0 Å². The minimum Gasteiger partial charge on any atom is -0.444 e. The largest absolute Gasteiger partial charge is 0.444 e. The summed E-state index contributed by atoms with van der Waals surface area (Å²) in [5, 5.41) is 0. The molecule has 1 aromatic carbocycles. The van der Waals surface area contributed by atoms with Crippen LogP contribution in [0, 0.1) is 5.92 Å². The Bertz CT molecular complexity index is 687. The van der Waals surface area contributed by atoms with Crippen LogP contribution in [-0.2, 0) is 10.5 Å². The second kappa shape index (κ2) is 8.54. The Morgan fingerprint density at radius 2 is 2.24 bits per heavy atom. The molecule has 134 valence electrons. The van der Waals surface area contributed by atoms with Gasteiger partial charge in [-0.3, -0.25) is 4.79 Å². The summed E-state index contributed by atoms with van der Waals surface area (Å²) in [5.41, 5.74) is 7.82. The first-order valence-electron chi connectivity index (χ1n) is 8.74. The minimum atomic E-state index is 0.148. The number of carbonyl (C=O) groups excluding carboxylic acids is 1. The van der Waals surface area contributed by atoms with Crippen molar-refractivity contribution >= 4 is 17.7 Å². The summed E-state index contributed by atoms with van der Waals surface area (Å²) in [6, 6.07) is 9.97. The van der Waals surface area contributed by atoms with E-state index in [1.54, 1.807) is 18.0 Å². The van der Waals surface area contributed by atoms with Crippen LogP contribution in [-0.4, -0.2) is 40.7 Å². The maximum Gasteiger partial charge on any atom is 0.232 e.